The molecule has 0 unspecified atom stereocenters. The highest BCUT2D eigenvalue weighted by Gasteiger charge is 2.50. The van der Waals surface area contributed by atoms with E-state index in [0.29, 0.717) is 5.92 Å². The van der Waals surface area contributed by atoms with Crippen LogP contribution in [-0.2, 0) is 17.8 Å². The molecule has 1 aromatic carbocycles. The lowest BCUT2D eigenvalue weighted by molar-refractivity contribution is 0.139. The minimum Gasteiger partial charge on any atom is -0.598 e. The van der Waals surface area contributed by atoms with Crippen molar-refractivity contribution in [3.05, 3.63) is 53.5 Å². The third-order valence-electron chi connectivity index (χ3n) is 7.51. The lowest BCUT2D eigenvalue weighted by atomic mass is 9.66. The van der Waals surface area contributed by atoms with E-state index in [1.807, 2.05) is 44.9 Å². The number of rotatable bonds is 6. The van der Waals surface area contributed by atoms with Gasteiger partial charge >= 0.3 is 0 Å². The average molecular weight is 470 g/mol. The van der Waals surface area contributed by atoms with E-state index >= 15 is 0 Å². The molecule has 2 fully saturated rings. The van der Waals surface area contributed by atoms with Crippen LogP contribution in [0.3, 0.4) is 0 Å². The van der Waals surface area contributed by atoms with Gasteiger partial charge in [-0.2, -0.15) is 0 Å². The minimum absolute atomic E-state index is 0.147. The first kappa shape index (κ1) is 22.7. The Morgan fingerprint density at radius 2 is 1.84 bits per heavy atom. The number of nitrogens with one attached hydrogen (secondary N) is 1. The fraction of sp³-hybridized carbons (Fsp3) is 0.615. The van der Waals surface area contributed by atoms with Crippen molar-refractivity contribution in [2.24, 2.45) is 11.3 Å². The van der Waals surface area contributed by atoms with Crippen molar-refractivity contribution < 1.29 is 4.55 Å². The first-order chi connectivity index (χ1) is 15.3. The van der Waals surface area contributed by atoms with Gasteiger partial charge in [0.15, 0.2) is 0 Å². The van der Waals surface area contributed by atoms with Gasteiger partial charge in [-0.15, -0.1) is 16.5 Å². The molecule has 0 bridgehead atoms. The first-order valence-corrected chi connectivity index (χ1v) is 14.2. The Balaban J connectivity index is 1.28. The van der Waals surface area contributed by atoms with Crippen molar-refractivity contribution in [1.29, 1.82) is 0 Å². The molecule has 6 heteroatoms. The summed E-state index contributed by atoms with van der Waals surface area (Å²) in [6, 6.07) is 8.91. The summed E-state index contributed by atoms with van der Waals surface area (Å²) in [5.41, 5.74) is 4.06. The molecule has 4 nitrogen and oxygen atoms in total. The molecule has 32 heavy (non-hydrogen) atoms. The molecule has 0 saturated heterocycles. The average Bonchev–Trinajstić information content (AvgIpc) is 3.57. The number of hydrogen-bond donors (Lipinski definition) is 1. The van der Waals surface area contributed by atoms with Gasteiger partial charge < -0.3 is 4.55 Å². The van der Waals surface area contributed by atoms with Crippen LogP contribution in [0.5, 0.6) is 0 Å². The van der Waals surface area contributed by atoms with Crippen LogP contribution in [0.1, 0.15) is 88.1 Å². The molecular weight excluding hydrogens is 434 g/mol. The lowest BCUT2D eigenvalue weighted by Crippen LogP contribution is -2.46. The van der Waals surface area contributed by atoms with Crippen molar-refractivity contribution in [2.45, 2.75) is 87.4 Å². The van der Waals surface area contributed by atoms with E-state index in [9.17, 15) is 4.55 Å². The normalized spacial score (nSPS) is 28.6. The molecule has 2 aromatic rings. The number of hydrogen-bond acceptors (Lipinski definition) is 5. The maximum atomic E-state index is 13.1. The van der Waals surface area contributed by atoms with E-state index in [0.717, 1.165) is 48.7 Å². The zero-order chi connectivity index (χ0) is 22.3. The molecule has 1 spiro atoms. The molecule has 3 aliphatic carbocycles. The highest BCUT2D eigenvalue weighted by Crippen LogP contribution is 2.56. The van der Waals surface area contributed by atoms with Crippen molar-refractivity contribution >= 4 is 23.1 Å². The zero-order valence-corrected chi connectivity index (χ0v) is 21.1. The van der Waals surface area contributed by atoms with E-state index in [2.05, 4.69) is 29.0 Å². The highest BCUT2D eigenvalue weighted by atomic mass is 32.2. The predicted molar refractivity (Wildman–Crippen MR) is 133 cm³/mol. The van der Waals surface area contributed by atoms with Crippen molar-refractivity contribution in [3.63, 3.8) is 0 Å². The first-order valence-electron chi connectivity index (χ1n) is 12.0. The Bertz CT molecular complexity index is 931. The lowest BCUT2D eigenvalue weighted by Gasteiger charge is -2.42. The molecule has 0 radical (unpaired) electrons. The molecule has 5 rings (SSSR count). The molecule has 3 aliphatic rings. The fourth-order valence-corrected chi connectivity index (χ4v) is 7.25. The monoisotopic (exact) mass is 469 g/mol. The molecular formula is C26H35N3OS2. The molecule has 0 amide bonds. The second kappa shape index (κ2) is 8.94. The Hall–Kier alpha value is -1.08. The van der Waals surface area contributed by atoms with E-state index in [1.165, 1.54) is 29.7 Å². The summed E-state index contributed by atoms with van der Waals surface area (Å²) in [5.74, 6) is 2.57. The van der Waals surface area contributed by atoms with Gasteiger partial charge in [-0.1, -0.05) is 24.3 Å². The van der Waals surface area contributed by atoms with Crippen molar-refractivity contribution in [2.75, 3.05) is 5.75 Å². The fourth-order valence-electron chi connectivity index (χ4n) is 5.31. The van der Waals surface area contributed by atoms with Crippen LogP contribution >= 0.6 is 11.8 Å². The van der Waals surface area contributed by atoms with Gasteiger partial charge in [0.25, 0.3) is 0 Å². The van der Waals surface area contributed by atoms with Gasteiger partial charge in [0, 0.05) is 29.2 Å². The second-order valence-corrected chi connectivity index (χ2v) is 14.0. The summed E-state index contributed by atoms with van der Waals surface area (Å²) in [6.07, 6.45) is 12.3. The Kier molecular flexibility index (Phi) is 6.34. The van der Waals surface area contributed by atoms with Gasteiger partial charge in [-0.3, -0.25) is 4.98 Å². The Labute approximate surface area is 200 Å². The Morgan fingerprint density at radius 1 is 1.09 bits per heavy atom. The summed E-state index contributed by atoms with van der Waals surface area (Å²) < 4.78 is 16.3. The van der Waals surface area contributed by atoms with Gasteiger partial charge in [0.1, 0.15) is 9.77 Å². The van der Waals surface area contributed by atoms with Crippen LogP contribution in [0.4, 0.5) is 0 Å². The van der Waals surface area contributed by atoms with Crippen LogP contribution in [-0.4, -0.2) is 25.0 Å². The molecule has 172 valence electrons. The quantitative estimate of drug-likeness (QED) is 0.417. The highest BCUT2D eigenvalue weighted by molar-refractivity contribution is 7.99. The number of fused-ring (bicyclic) bond motifs is 1. The number of nitrogens with zero attached hydrogens (tertiary/aromatic N) is 2. The zero-order valence-electron chi connectivity index (χ0n) is 19.5. The number of thioether (sulfide) groups is 1. The molecule has 1 aromatic heterocycles. The molecule has 2 atom stereocenters. The summed E-state index contributed by atoms with van der Waals surface area (Å²) >= 11 is 0.766. The maximum Gasteiger partial charge on any atom is 0.136 e. The molecule has 0 aliphatic heterocycles. The summed E-state index contributed by atoms with van der Waals surface area (Å²) in [7, 11) is 0. The SMILES string of the molecule is CC(C)(C)[S@@+]([O-])N[C@H]1c2ccccc2C[C@]12CC[C@H](c1cnc(SCC3CC3)cn1)CC2. The van der Waals surface area contributed by atoms with Crippen LogP contribution in [0.2, 0.25) is 0 Å². The number of benzene rings is 1. The van der Waals surface area contributed by atoms with Crippen LogP contribution < -0.4 is 4.72 Å². The van der Waals surface area contributed by atoms with Crippen LogP contribution in [0.25, 0.3) is 0 Å². The number of aromatic nitrogens is 2. The maximum absolute atomic E-state index is 13.1. The Morgan fingerprint density at radius 3 is 2.50 bits per heavy atom. The summed E-state index contributed by atoms with van der Waals surface area (Å²) in [4.78, 5) is 9.51. The molecule has 1 N–H and O–H groups in total. The van der Waals surface area contributed by atoms with Crippen LogP contribution in [0.15, 0.2) is 41.7 Å². The van der Waals surface area contributed by atoms with E-state index in [-0.39, 0.29) is 16.2 Å². The largest absolute Gasteiger partial charge is 0.598 e. The molecule has 2 saturated carbocycles. The minimum atomic E-state index is -1.09. The van der Waals surface area contributed by atoms with Gasteiger partial charge in [-0.05, 0) is 88.2 Å². The van der Waals surface area contributed by atoms with Gasteiger partial charge in [0.05, 0.1) is 17.9 Å². The van der Waals surface area contributed by atoms with E-state index in [1.54, 1.807) is 0 Å². The third kappa shape index (κ3) is 4.75. The molecule has 1 heterocycles. The van der Waals surface area contributed by atoms with Gasteiger partial charge in [0.2, 0.25) is 0 Å². The van der Waals surface area contributed by atoms with Crippen molar-refractivity contribution in [1.82, 2.24) is 14.7 Å². The summed E-state index contributed by atoms with van der Waals surface area (Å²) in [5, 5.41) is 1.06. The van der Waals surface area contributed by atoms with E-state index < -0.39 is 11.4 Å². The summed E-state index contributed by atoms with van der Waals surface area (Å²) in [6.45, 7) is 6.14. The van der Waals surface area contributed by atoms with Crippen LogP contribution in [0, 0.1) is 11.3 Å². The van der Waals surface area contributed by atoms with E-state index in [4.69, 9.17) is 9.97 Å². The third-order valence-corrected chi connectivity index (χ3v) is 10.2. The van der Waals surface area contributed by atoms with Crippen molar-refractivity contribution in [3.8, 4) is 0 Å². The van der Waals surface area contributed by atoms with Gasteiger partial charge in [-0.25, -0.2) is 4.98 Å². The second-order valence-electron chi connectivity index (χ2n) is 11.0. The standard InChI is InChI=1S/C26H35N3OS2/c1-25(2,3)32(30)29-24-21-7-5-4-6-20(21)14-26(24)12-10-19(11-13-26)22-15-28-23(16-27-22)31-17-18-8-9-18/h4-7,15-16,18-19,24,29H,8-14,17H2,1-3H3/t19-,24-,26+,32+/m0/s1. The topological polar surface area (TPSA) is 60.9 Å². The smallest absolute Gasteiger partial charge is 0.136 e. The predicted octanol–water partition coefficient (Wildman–Crippen LogP) is 5.97.